The van der Waals surface area contributed by atoms with Crippen molar-refractivity contribution in [2.75, 3.05) is 26.0 Å². The topological polar surface area (TPSA) is 133 Å². The molecule has 242 valence electrons. The molecule has 0 atom stereocenters. The highest BCUT2D eigenvalue weighted by molar-refractivity contribution is 6.13. The second-order valence-corrected chi connectivity index (χ2v) is 9.96. The summed E-state index contributed by atoms with van der Waals surface area (Å²) in [4.78, 5) is 46.6. The zero-order chi connectivity index (χ0) is 34.8. The molecule has 1 amide bonds. The van der Waals surface area contributed by atoms with Crippen molar-refractivity contribution in [1.29, 1.82) is 0 Å². The first kappa shape index (κ1) is 35.4. The number of para-hydroxylation sites is 1. The summed E-state index contributed by atoms with van der Waals surface area (Å²) in [7, 11) is 5.38. The van der Waals surface area contributed by atoms with Crippen LogP contribution >= 0.6 is 0 Å². The number of hydrogen-bond acceptors (Lipinski definition) is 6. The molecule has 4 aromatic carbocycles. The first-order chi connectivity index (χ1) is 22.8. The second-order valence-electron chi connectivity index (χ2n) is 9.96. The van der Waals surface area contributed by atoms with Crippen LogP contribution in [0.3, 0.4) is 0 Å². The zero-order valence-corrected chi connectivity index (χ0v) is 26.8. The van der Waals surface area contributed by atoms with E-state index in [-0.39, 0.29) is 17.3 Å². The van der Waals surface area contributed by atoms with Crippen LogP contribution in [-0.4, -0.2) is 56.7 Å². The highest BCUT2D eigenvalue weighted by Gasteiger charge is 2.25. The Morgan fingerprint density at radius 2 is 1.45 bits per heavy atom. The Labute approximate surface area is 271 Å². The van der Waals surface area contributed by atoms with Gasteiger partial charge in [-0.05, 0) is 53.6 Å². The molecule has 10 heteroatoms. The van der Waals surface area contributed by atoms with Gasteiger partial charge in [0, 0.05) is 60.3 Å². The highest BCUT2D eigenvalue weighted by atomic mass is 19.1. The van der Waals surface area contributed by atoms with Gasteiger partial charge in [0.15, 0.2) is 0 Å². The Morgan fingerprint density at radius 3 is 2.06 bits per heavy atom. The van der Waals surface area contributed by atoms with Crippen molar-refractivity contribution in [1.82, 2.24) is 10.3 Å². The molecule has 2 aromatic heterocycles. The number of nitrogens with one attached hydrogen (secondary N) is 2. The summed E-state index contributed by atoms with van der Waals surface area (Å²) in [5.74, 6) is -1.38. The quantitative estimate of drug-likeness (QED) is 0.170. The maximum Gasteiger partial charge on any atom is 0.338 e. The SMILES string of the molecule is C=O.C=O.CC.CNC(=O)c1c(-c2ccc(F)cc2)oc2cc(N(C)C)c(-c3cccc(-c4[nH]c5ccccc5c4C(=O)O)c3)cc12. The van der Waals surface area contributed by atoms with Gasteiger partial charge >= 0.3 is 5.97 Å². The van der Waals surface area contributed by atoms with E-state index in [1.54, 1.807) is 25.2 Å². The summed E-state index contributed by atoms with van der Waals surface area (Å²) >= 11 is 0. The number of H-pyrrole nitrogens is 1. The number of amides is 1. The van der Waals surface area contributed by atoms with Gasteiger partial charge in [0.2, 0.25) is 0 Å². The lowest BCUT2D eigenvalue weighted by molar-refractivity contribution is -0.0987. The number of aromatic nitrogens is 1. The van der Waals surface area contributed by atoms with E-state index in [9.17, 15) is 19.1 Å². The molecular formula is C37H36FN3O6. The van der Waals surface area contributed by atoms with Crippen LogP contribution in [-0.2, 0) is 9.59 Å². The fraction of sp³-hybridized carbons (Fsp3) is 0.135. The van der Waals surface area contributed by atoms with Gasteiger partial charge in [-0.25, -0.2) is 9.18 Å². The van der Waals surface area contributed by atoms with Crippen LogP contribution in [0.1, 0.15) is 34.6 Å². The van der Waals surface area contributed by atoms with Crippen LogP contribution in [0.25, 0.3) is 55.6 Å². The van der Waals surface area contributed by atoms with Gasteiger partial charge in [-0.3, -0.25) is 4.79 Å². The number of carboxylic acids is 1. The van der Waals surface area contributed by atoms with Crippen molar-refractivity contribution in [3.8, 4) is 33.7 Å². The number of aromatic carboxylic acids is 1. The van der Waals surface area contributed by atoms with Gasteiger partial charge in [0.1, 0.15) is 30.7 Å². The minimum Gasteiger partial charge on any atom is -0.478 e. The maximum absolute atomic E-state index is 13.6. The van der Waals surface area contributed by atoms with Crippen molar-refractivity contribution < 1.29 is 33.1 Å². The average Bonchev–Trinajstić information content (AvgIpc) is 3.69. The summed E-state index contributed by atoms with van der Waals surface area (Å²) in [5, 5.41) is 14.0. The number of carbonyl (C=O) groups excluding carboxylic acids is 3. The van der Waals surface area contributed by atoms with E-state index >= 15 is 0 Å². The molecular weight excluding hydrogens is 601 g/mol. The molecule has 0 radical (unpaired) electrons. The molecule has 0 aliphatic carbocycles. The fourth-order valence-electron chi connectivity index (χ4n) is 5.31. The number of halogens is 1. The van der Waals surface area contributed by atoms with E-state index < -0.39 is 5.97 Å². The standard InChI is InChI=1S/C33H26FN3O4.C2H6.2CH2O/c1-35-32(38)29-24-16-23(26(37(2)3)17-27(24)41-31(29)18-11-13-21(34)14-12-18)19-7-6-8-20(15-19)30-28(33(39)40)22-9-4-5-10-25(22)36-30;3*1-2/h4-17,36H,1-3H3,(H,35,38)(H,39,40);1-2H3;2*1H2. The number of benzene rings is 4. The number of furan rings is 1. The van der Waals surface area contributed by atoms with Gasteiger partial charge in [-0.2, -0.15) is 0 Å². The van der Waals surface area contributed by atoms with E-state index in [0.717, 1.165) is 22.3 Å². The molecule has 0 unspecified atom stereocenters. The van der Waals surface area contributed by atoms with E-state index in [2.05, 4.69) is 10.3 Å². The van der Waals surface area contributed by atoms with Gasteiger partial charge in [0.05, 0.1) is 16.8 Å². The summed E-state index contributed by atoms with van der Waals surface area (Å²) in [6.07, 6.45) is 0. The molecule has 9 nitrogen and oxygen atoms in total. The molecule has 0 saturated heterocycles. The lowest BCUT2D eigenvalue weighted by Crippen LogP contribution is -2.18. The third-order valence-corrected chi connectivity index (χ3v) is 7.23. The normalized spacial score (nSPS) is 10.1. The number of rotatable bonds is 6. The number of nitrogens with zero attached hydrogens (tertiary/aromatic N) is 1. The van der Waals surface area contributed by atoms with Crippen molar-refractivity contribution in [2.24, 2.45) is 0 Å². The summed E-state index contributed by atoms with van der Waals surface area (Å²) in [6.45, 7) is 8.00. The van der Waals surface area contributed by atoms with E-state index in [1.165, 1.54) is 12.1 Å². The van der Waals surface area contributed by atoms with Gasteiger partial charge in [-0.1, -0.05) is 50.2 Å². The number of fused-ring (bicyclic) bond motifs is 2. The van der Waals surface area contributed by atoms with Crippen LogP contribution < -0.4 is 10.2 Å². The van der Waals surface area contributed by atoms with Gasteiger partial charge < -0.3 is 34.3 Å². The maximum atomic E-state index is 13.6. The molecule has 0 bridgehead atoms. The molecule has 6 aromatic rings. The molecule has 0 saturated carbocycles. The molecule has 6 rings (SSSR count). The van der Waals surface area contributed by atoms with Crippen LogP contribution in [0.4, 0.5) is 10.1 Å². The predicted octanol–water partition coefficient (Wildman–Crippen LogP) is 7.83. The largest absolute Gasteiger partial charge is 0.478 e. The average molecular weight is 638 g/mol. The molecule has 2 heterocycles. The number of anilines is 1. The molecule has 3 N–H and O–H groups in total. The zero-order valence-electron chi connectivity index (χ0n) is 26.8. The Morgan fingerprint density at radius 1 is 0.809 bits per heavy atom. The number of hydrogen-bond donors (Lipinski definition) is 3. The molecule has 0 spiro atoms. The third kappa shape index (κ3) is 6.96. The van der Waals surface area contributed by atoms with Crippen molar-refractivity contribution in [3.63, 3.8) is 0 Å². The Bertz CT molecular complexity index is 2010. The Balaban J connectivity index is 0.000000947. The second kappa shape index (κ2) is 15.8. The Hall–Kier alpha value is -6.03. The smallest absolute Gasteiger partial charge is 0.338 e. The van der Waals surface area contributed by atoms with Crippen molar-refractivity contribution in [3.05, 3.63) is 102 Å². The van der Waals surface area contributed by atoms with E-state index in [4.69, 9.17) is 14.0 Å². The number of aromatic amines is 1. The van der Waals surface area contributed by atoms with Crippen LogP contribution in [0.5, 0.6) is 0 Å². The summed E-state index contributed by atoms with van der Waals surface area (Å²) in [6, 6.07) is 24.6. The molecule has 47 heavy (non-hydrogen) atoms. The van der Waals surface area contributed by atoms with E-state index in [0.29, 0.717) is 44.5 Å². The summed E-state index contributed by atoms with van der Waals surface area (Å²) in [5.41, 5.74) is 6.11. The minimum absolute atomic E-state index is 0.210. The van der Waals surface area contributed by atoms with Crippen LogP contribution in [0, 0.1) is 5.82 Å². The van der Waals surface area contributed by atoms with E-state index in [1.807, 2.05) is 101 Å². The first-order valence-corrected chi connectivity index (χ1v) is 14.5. The minimum atomic E-state index is -1.01. The lowest BCUT2D eigenvalue weighted by atomic mass is 9.95. The van der Waals surface area contributed by atoms with Crippen molar-refractivity contribution >= 4 is 53.0 Å². The fourth-order valence-corrected chi connectivity index (χ4v) is 5.31. The predicted molar refractivity (Wildman–Crippen MR) is 185 cm³/mol. The highest BCUT2D eigenvalue weighted by Crippen LogP contribution is 2.41. The number of carboxylic acid groups (broad SMARTS) is 1. The summed E-state index contributed by atoms with van der Waals surface area (Å²) < 4.78 is 19.9. The van der Waals surface area contributed by atoms with Gasteiger partial charge in [-0.15, -0.1) is 0 Å². The van der Waals surface area contributed by atoms with Crippen LogP contribution in [0.2, 0.25) is 0 Å². The van der Waals surface area contributed by atoms with Crippen molar-refractivity contribution in [2.45, 2.75) is 13.8 Å². The number of carbonyl (C=O) groups is 4. The monoisotopic (exact) mass is 637 g/mol. The van der Waals surface area contributed by atoms with Crippen LogP contribution in [0.15, 0.2) is 89.3 Å². The molecule has 0 fully saturated rings. The lowest BCUT2D eigenvalue weighted by Gasteiger charge is -2.18. The first-order valence-electron chi connectivity index (χ1n) is 14.5. The molecule has 0 aliphatic rings. The molecule has 0 aliphatic heterocycles. The third-order valence-electron chi connectivity index (χ3n) is 7.23. The van der Waals surface area contributed by atoms with Gasteiger partial charge in [0.25, 0.3) is 5.91 Å². The Kier molecular flexibility index (Phi) is 11.9.